The maximum atomic E-state index is 12.5. The standard InChI is InChI=1S/C27H34N4O2.2ClH/c32-26(28-24-13-8-10-21-9-3-4-11-22(21)24)15-2-1-7-16-30-17-19-31(20-18-30)27-23-12-5-6-14-25(23)33-29-27;;/h3-6,9,11-12,14,24H,1-2,7-8,10,13,15-20H2,(H,28,32);2*1H. The highest BCUT2D eigenvalue weighted by atomic mass is 35.5. The topological polar surface area (TPSA) is 61.6 Å². The number of carbonyl (C=O) groups excluding carboxylic acids is 1. The maximum absolute atomic E-state index is 12.5. The Labute approximate surface area is 220 Å². The number of hydrogen-bond donors (Lipinski definition) is 1. The molecule has 1 fully saturated rings. The molecule has 190 valence electrons. The molecule has 5 rings (SSSR count). The Morgan fingerprint density at radius 3 is 2.60 bits per heavy atom. The van der Waals surface area contributed by atoms with Crippen molar-refractivity contribution in [3.8, 4) is 0 Å². The van der Waals surface area contributed by atoms with Crippen LogP contribution in [0.1, 0.15) is 55.7 Å². The molecule has 1 atom stereocenters. The molecule has 1 aliphatic heterocycles. The average Bonchev–Trinajstić information content (AvgIpc) is 3.29. The first kappa shape index (κ1) is 27.3. The fraction of sp³-hybridized carbons (Fsp3) is 0.481. The van der Waals surface area contributed by atoms with E-state index in [0.29, 0.717) is 6.42 Å². The van der Waals surface area contributed by atoms with Crippen molar-refractivity contribution in [1.29, 1.82) is 0 Å². The van der Waals surface area contributed by atoms with Crippen molar-refractivity contribution < 1.29 is 9.32 Å². The van der Waals surface area contributed by atoms with Gasteiger partial charge in [-0.25, -0.2) is 0 Å². The number of rotatable bonds is 8. The van der Waals surface area contributed by atoms with E-state index in [1.54, 1.807) is 0 Å². The Balaban J connectivity index is 0.00000171. The normalized spacial score (nSPS) is 17.8. The fourth-order valence-electron chi connectivity index (χ4n) is 5.25. The van der Waals surface area contributed by atoms with Gasteiger partial charge >= 0.3 is 0 Å². The number of carbonyl (C=O) groups is 1. The average molecular weight is 520 g/mol. The minimum absolute atomic E-state index is 0. The summed E-state index contributed by atoms with van der Waals surface area (Å²) in [6, 6.07) is 16.8. The molecule has 3 aromatic rings. The van der Waals surface area contributed by atoms with E-state index in [1.165, 1.54) is 11.1 Å². The lowest BCUT2D eigenvalue weighted by Gasteiger charge is -2.34. The molecule has 6 nitrogen and oxygen atoms in total. The first-order valence-corrected chi connectivity index (χ1v) is 12.5. The summed E-state index contributed by atoms with van der Waals surface area (Å²) in [6.07, 6.45) is 7.18. The molecule has 1 unspecified atom stereocenters. The third-order valence-electron chi connectivity index (χ3n) is 7.11. The number of benzene rings is 2. The van der Waals surface area contributed by atoms with Crippen molar-refractivity contribution in [3.63, 3.8) is 0 Å². The summed E-state index contributed by atoms with van der Waals surface area (Å²) < 4.78 is 5.47. The predicted octanol–water partition coefficient (Wildman–Crippen LogP) is 5.55. The summed E-state index contributed by atoms with van der Waals surface area (Å²) in [5.74, 6) is 1.17. The van der Waals surface area contributed by atoms with Gasteiger partial charge in [-0.05, 0) is 61.9 Å². The van der Waals surface area contributed by atoms with Gasteiger partial charge in [0.1, 0.15) is 0 Å². The van der Waals surface area contributed by atoms with Crippen molar-refractivity contribution in [2.75, 3.05) is 37.6 Å². The van der Waals surface area contributed by atoms with Crippen LogP contribution in [0.4, 0.5) is 5.82 Å². The number of anilines is 1. The molecule has 8 heteroatoms. The van der Waals surface area contributed by atoms with Crippen molar-refractivity contribution in [3.05, 3.63) is 59.7 Å². The molecule has 0 spiro atoms. The van der Waals surface area contributed by atoms with E-state index in [-0.39, 0.29) is 36.8 Å². The van der Waals surface area contributed by atoms with Crippen LogP contribution in [0, 0.1) is 0 Å². The van der Waals surface area contributed by atoms with Crippen LogP contribution in [0.3, 0.4) is 0 Å². The molecular formula is C27H36Cl2N4O2. The Kier molecular flexibility index (Phi) is 10.3. The van der Waals surface area contributed by atoms with Gasteiger partial charge in [0, 0.05) is 32.6 Å². The Morgan fingerprint density at radius 2 is 1.74 bits per heavy atom. The molecule has 0 bridgehead atoms. The van der Waals surface area contributed by atoms with Crippen molar-refractivity contribution >= 4 is 47.5 Å². The van der Waals surface area contributed by atoms with E-state index in [9.17, 15) is 4.79 Å². The zero-order valence-electron chi connectivity index (χ0n) is 20.2. The van der Waals surface area contributed by atoms with Crippen LogP contribution in [0.5, 0.6) is 0 Å². The second-order valence-corrected chi connectivity index (χ2v) is 9.35. The summed E-state index contributed by atoms with van der Waals surface area (Å²) >= 11 is 0. The lowest BCUT2D eigenvalue weighted by atomic mass is 9.87. The van der Waals surface area contributed by atoms with Gasteiger partial charge in [0.05, 0.1) is 11.4 Å². The van der Waals surface area contributed by atoms with Gasteiger partial charge in [0.2, 0.25) is 5.91 Å². The van der Waals surface area contributed by atoms with Crippen LogP contribution in [0.2, 0.25) is 0 Å². The molecule has 1 aromatic heterocycles. The Morgan fingerprint density at radius 1 is 0.971 bits per heavy atom. The lowest BCUT2D eigenvalue weighted by molar-refractivity contribution is -0.122. The second kappa shape index (κ2) is 13.1. The zero-order chi connectivity index (χ0) is 22.5. The van der Waals surface area contributed by atoms with E-state index in [1.807, 2.05) is 18.2 Å². The first-order valence-electron chi connectivity index (χ1n) is 12.5. The zero-order valence-corrected chi connectivity index (χ0v) is 21.8. The molecule has 2 heterocycles. The number of aryl methyl sites for hydroxylation is 1. The lowest BCUT2D eigenvalue weighted by Crippen LogP contribution is -2.46. The SMILES string of the molecule is Cl.Cl.O=C(CCCCCN1CCN(c2noc3ccccc23)CC1)NC1CCCc2ccccc21. The molecule has 2 aromatic carbocycles. The maximum Gasteiger partial charge on any atom is 0.220 e. The Hall–Kier alpha value is -2.28. The number of hydrogen-bond acceptors (Lipinski definition) is 5. The summed E-state index contributed by atoms with van der Waals surface area (Å²) in [5.41, 5.74) is 3.56. The molecule has 2 aliphatic rings. The molecule has 35 heavy (non-hydrogen) atoms. The number of nitrogens with one attached hydrogen (secondary N) is 1. The number of unbranched alkanes of at least 4 members (excludes halogenated alkanes) is 2. The van der Waals surface area contributed by atoms with Crippen molar-refractivity contribution in [2.24, 2.45) is 0 Å². The molecule has 1 amide bonds. The highest BCUT2D eigenvalue weighted by molar-refractivity contribution is 5.88. The number of aromatic nitrogens is 1. The number of fused-ring (bicyclic) bond motifs is 2. The van der Waals surface area contributed by atoms with E-state index < -0.39 is 0 Å². The number of halogens is 2. The van der Waals surface area contributed by atoms with Crippen molar-refractivity contribution in [1.82, 2.24) is 15.4 Å². The van der Waals surface area contributed by atoms with Crippen LogP contribution in [0.25, 0.3) is 11.0 Å². The monoisotopic (exact) mass is 518 g/mol. The smallest absolute Gasteiger partial charge is 0.220 e. The van der Waals surface area contributed by atoms with Crippen LogP contribution in [-0.2, 0) is 11.2 Å². The number of para-hydroxylation sites is 1. The molecular weight excluding hydrogens is 483 g/mol. The quantitative estimate of drug-likeness (QED) is 0.396. The van der Waals surface area contributed by atoms with Gasteiger partial charge in [-0.15, -0.1) is 24.8 Å². The summed E-state index contributed by atoms with van der Waals surface area (Å²) in [5, 5.41) is 8.67. The summed E-state index contributed by atoms with van der Waals surface area (Å²) in [6.45, 7) is 5.14. The minimum atomic E-state index is 0. The van der Waals surface area contributed by atoms with Crippen LogP contribution < -0.4 is 10.2 Å². The van der Waals surface area contributed by atoms with E-state index in [4.69, 9.17) is 4.52 Å². The van der Waals surface area contributed by atoms with E-state index in [2.05, 4.69) is 50.6 Å². The fourth-order valence-corrected chi connectivity index (χ4v) is 5.25. The predicted molar refractivity (Wildman–Crippen MR) is 146 cm³/mol. The van der Waals surface area contributed by atoms with Crippen LogP contribution in [-0.4, -0.2) is 48.7 Å². The van der Waals surface area contributed by atoms with Gasteiger partial charge in [0.25, 0.3) is 0 Å². The molecule has 1 saturated heterocycles. The van der Waals surface area contributed by atoms with Gasteiger partial charge < -0.3 is 14.7 Å². The molecule has 0 saturated carbocycles. The summed E-state index contributed by atoms with van der Waals surface area (Å²) in [4.78, 5) is 17.3. The van der Waals surface area contributed by atoms with Crippen LogP contribution in [0.15, 0.2) is 53.1 Å². The molecule has 1 N–H and O–H groups in total. The van der Waals surface area contributed by atoms with Gasteiger partial charge in [-0.3, -0.25) is 9.69 Å². The third kappa shape index (κ3) is 6.69. The highest BCUT2D eigenvalue weighted by Gasteiger charge is 2.22. The van der Waals surface area contributed by atoms with Crippen LogP contribution >= 0.6 is 24.8 Å². The van der Waals surface area contributed by atoms with E-state index in [0.717, 1.165) is 88.0 Å². The third-order valence-corrected chi connectivity index (χ3v) is 7.11. The number of nitrogens with zero attached hydrogens (tertiary/aromatic N) is 3. The van der Waals surface area contributed by atoms with E-state index >= 15 is 0 Å². The van der Waals surface area contributed by atoms with Gasteiger partial charge in [0.15, 0.2) is 11.4 Å². The molecule has 0 radical (unpaired) electrons. The van der Waals surface area contributed by atoms with Gasteiger partial charge in [-0.1, -0.05) is 48.0 Å². The highest BCUT2D eigenvalue weighted by Crippen LogP contribution is 2.29. The largest absolute Gasteiger partial charge is 0.354 e. The number of piperazine rings is 1. The minimum Gasteiger partial charge on any atom is -0.354 e. The number of amides is 1. The first-order chi connectivity index (χ1) is 16.3. The van der Waals surface area contributed by atoms with Gasteiger partial charge in [-0.2, -0.15) is 0 Å². The second-order valence-electron chi connectivity index (χ2n) is 9.35. The van der Waals surface area contributed by atoms with Crippen molar-refractivity contribution in [2.45, 2.75) is 51.0 Å². The Bertz CT molecular complexity index is 1080. The molecule has 1 aliphatic carbocycles. The summed E-state index contributed by atoms with van der Waals surface area (Å²) in [7, 11) is 0.